The quantitative estimate of drug-likeness (QED) is 0.698. The third-order valence-corrected chi connectivity index (χ3v) is 4.76. The molecule has 0 aliphatic rings. The molecule has 0 saturated heterocycles. The van der Waals surface area contributed by atoms with Crippen LogP contribution in [0.1, 0.15) is 44.4 Å². The van der Waals surface area contributed by atoms with Gasteiger partial charge in [-0.2, -0.15) is 5.10 Å². The zero-order chi connectivity index (χ0) is 16.0. The molecule has 0 fully saturated rings. The number of nitrogens with zero attached hydrogens (tertiary/aromatic N) is 3. The van der Waals surface area contributed by atoms with Crippen LogP contribution in [0.2, 0.25) is 0 Å². The van der Waals surface area contributed by atoms with Crippen LogP contribution in [-0.2, 0) is 23.6 Å². The highest BCUT2D eigenvalue weighted by Gasteiger charge is 2.13. The molecule has 1 rings (SSSR count). The van der Waals surface area contributed by atoms with E-state index in [4.69, 9.17) is 0 Å². The van der Waals surface area contributed by atoms with Gasteiger partial charge in [-0.1, -0.05) is 20.8 Å². The first-order chi connectivity index (χ1) is 9.75. The van der Waals surface area contributed by atoms with Crippen LogP contribution in [0.5, 0.6) is 0 Å². The summed E-state index contributed by atoms with van der Waals surface area (Å²) in [7, 11) is -1.15. The van der Waals surface area contributed by atoms with E-state index in [1.807, 2.05) is 24.9 Å². The molecule has 7 heteroatoms. The molecule has 1 heterocycles. The Morgan fingerprint density at radius 2 is 2.10 bits per heavy atom. The average molecular weight is 316 g/mol. The van der Waals surface area contributed by atoms with Gasteiger partial charge in [0, 0.05) is 38.4 Å². The Labute approximate surface area is 128 Å². The third kappa shape index (κ3) is 5.76. The molecule has 1 aromatic rings. The summed E-state index contributed by atoms with van der Waals surface area (Å²) < 4.78 is 26.3. The Balaban J connectivity index is 2.38. The molecule has 1 N–H and O–H groups in total. The SMILES string of the molecule is CCN(CCCNCc1cn(C)nc1C(C)C)S(C)(=O)=O. The predicted octanol–water partition coefficient (Wildman–Crippen LogP) is 1.30. The highest BCUT2D eigenvalue weighted by molar-refractivity contribution is 7.88. The van der Waals surface area contributed by atoms with E-state index < -0.39 is 10.0 Å². The van der Waals surface area contributed by atoms with E-state index in [0.29, 0.717) is 19.0 Å². The lowest BCUT2D eigenvalue weighted by Crippen LogP contribution is -2.32. The van der Waals surface area contributed by atoms with E-state index in [2.05, 4.69) is 24.3 Å². The van der Waals surface area contributed by atoms with Crippen LogP contribution in [0, 0.1) is 0 Å². The maximum Gasteiger partial charge on any atom is 0.211 e. The fraction of sp³-hybridized carbons (Fsp3) is 0.786. The number of nitrogens with one attached hydrogen (secondary N) is 1. The van der Waals surface area contributed by atoms with Crippen molar-refractivity contribution >= 4 is 10.0 Å². The molecule has 0 bridgehead atoms. The van der Waals surface area contributed by atoms with E-state index in [0.717, 1.165) is 25.2 Å². The molecule has 0 aliphatic carbocycles. The minimum atomic E-state index is -3.08. The molecule has 0 atom stereocenters. The summed E-state index contributed by atoms with van der Waals surface area (Å²) in [5.74, 6) is 0.406. The molecule has 122 valence electrons. The van der Waals surface area contributed by atoms with Gasteiger partial charge in [-0.25, -0.2) is 12.7 Å². The van der Waals surface area contributed by atoms with Gasteiger partial charge in [-0.3, -0.25) is 4.68 Å². The van der Waals surface area contributed by atoms with Gasteiger partial charge in [0.05, 0.1) is 11.9 Å². The average Bonchev–Trinajstić information content (AvgIpc) is 2.73. The second-order valence-electron chi connectivity index (χ2n) is 5.65. The first kappa shape index (κ1) is 18.1. The van der Waals surface area contributed by atoms with Gasteiger partial charge in [-0.05, 0) is 18.9 Å². The van der Waals surface area contributed by atoms with Crippen LogP contribution < -0.4 is 5.32 Å². The lowest BCUT2D eigenvalue weighted by molar-refractivity contribution is 0.419. The van der Waals surface area contributed by atoms with Gasteiger partial charge >= 0.3 is 0 Å². The van der Waals surface area contributed by atoms with Gasteiger partial charge in [0.25, 0.3) is 0 Å². The van der Waals surface area contributed by atoms with Gasteiger partial charge in [-0.15, -0.1) is 0 Å². The van der Waals surface area contributed by atoms with Gasteiger partial charge in [0.1, 0.15) is 0 Å². The monoisotopic (exact) mass is 316 g/mol. The zero-order valence-electron chi connectivity index (χ0n) is 13.8. The highest BCUT2D eigenvalue weighted by atomic mass is 32.2. The van der Waals surface area contributed by atoms with Crippen LogP contribution >= 0.6 is 0 Å². The summed E-state index contributed by atoms with van der Waals surface area (Å²) >= 11 is 0. The molecular formula is C14H28N4O2S. The van der Waals surface area contributed by atoms with Crippen molar-refractivity contribution in [1.82, 2.24) is 19.4 Å². The van der Waals surface area contributed by atoms with Crippen LogP contribution in [0.15, 0.2) is 6.20 Å². The maximum absolute atomic E-state index is 11.5. The molecule has 0 unspecified atom stereocenters. The first-order valence-corrected chi connectivity index (χ1v) is 9.28. The summed E-state index contributed by atoms with van der Waals surface area (Å²) in [6.07, 6.45) is 4.10. The van der Waals surface area contributed by atoms with Crippen LogP contribution in [-0.4, -0.2) is 48.4 Å². The third-order valence-electron chi connectivity index (χ3n) is 3.38. The molecular weight excluding hydrogens is 288 g/mol. The van der Waals surface area contributed by atoms with E-state index in [1.54, 1.807) is 0 Å². The van der Waals surface area contributed by atoms with Crippen LogP contribution in [0.4, 0.5) is 0 Å². The summed E-state index contributed by atoms with van der Waals surface area (Å²) in [5.41, 5.74) is 2.33. The standard InChI is InChI=1S/C14H28N4O2S/c1-6-18(21(5,19)20)9-7-8-15-10-13-11-17(4)16-14(13)12(2)3/h11-12,15H,6-10H2,1-5H3. The molecule has 0 amide bonds. The van der Waals surface area contributed by atoms with E-state index >= 15 is 0 Å². The number of hydrogen-bond donors (Lipinski definition) is 1. The number of aromatic nitrogens is 2. The second-order valence-corrected chi connectivity index (χ2v) is 7.64. The summed E-state index contributed by atoms with van der Waals surface area (Å²) in [6, 6.07) is 0. The minimum absolute atomic E-state index is 0.406. The molecule has 0 saturated carbocycles. The Morgan fingerprint density at radius 1 is 1.43 bits per heavy atom. The number of rotatable bonds is 9. The van der Waals surface area contributed by atoms with E-state index in [-0.39, 0.29) is 0 Å². The Kier molecular flexibility index (Phi) is 6.83. The van der Waals surface area contributed by atoms with Crippen molar-refractivity contribution in [3.63, 3.8) is 0 Å². The molecule has 0 radical (unpaired) electrons. The fourth-order valence-electron chi connectivity index (χ4n) is 2.34. The van der Waals surface area contributed by atoms with Crippen molar-refractivity contribution < 1.29 is 8.42 Å². The Morgan fingerprint density at radius 3 is 2.62 bits per heavy atom. The molecule has 21 heavy (non-hydrogen) atoms. The first-order valence-electron chi connectivity index (χ1n) is 7.44. The largest absolute Gasteiger partial charge is 0.312 e. The Hall–Kier alpha value is -0.920. The van der Waals surface area contributed by atoms with E-state index in [1.165, 1.54) is 16.1 Å². The highest BCUT2D eigenvalue weighted by Crippen LogP contribution is 2.16. The van der Waals surface area contributed by atoms with Gasteiger partial charge in [0.2, 0.25) is 10.0 Å². The van der Waals surface area contributed by atoms with Crippen molar-refractivity contribution in [2.45, 2.75) is 39.7 Å². The second kappa shape index (κ2) is 7.91. The predicted molar refractivity (Wildman–Crippen MR) is 85.7 cm³/mol. The molecule has 0 aliphatic heterocycles. The normalized spacial score (nSPS) is 12.5. The number of hydrogen-bond acceptors (Lipinski definition) is 4. The molecule has 0 aromatic carbocycles. The van der Waals surface area contributed by atoms with Crippen LogP contribution in [0.3, 0.4) is 0 Å². The van der Waals surface area contributed by atoms with Crippen molar-refractivity contribution in [1.29, 1.82) is 0 Å². The summed E-state index contributed by atoms with van der Waals surface area (Å²) in [5, 5.41) is 7.84. The zero-order valence-corrected chi connectivity index (χ0v) is 14.6. The van der Waals surface area contributed by atoms with Crippen LogP contribution in [0.25, 0.3) is 0 Å². The fourth-order valence-corrected chi connectivity index (χ4v) is 3.27. The summed E-state index contributed by atoms with van der Waals surface area (Å²) in [6.45, 7) is 8.78. The van der Waals surface area contributed by atoms with Crippen molar-refractivity contribution in [2.24, 2.45) is 7.05 Å². The lowest BCUT2D eigenvalue weighted by atomic mass is 10.1. The van der Waals surface area contributed by atoms with Crippen molar-refractivity contribution in [3.8, 4) is 0 Å². The molecule has 6 nitrogen and oxygen atoms in total. The Bertz CT molecular complexity index is 537. The van der Waals surface area contributed by atoms with Crippen molar-refractivity contribution in [3.05, 3.63) is 17.5 Å². The lowest BCUT2D eigenvalue weighted by Gasteiger charge is -2.17. The van der Waals surface area contributed by atoms with Gasteiger partial charge in [0.15, 0.2) is 0 Å². The van der Waals surface area contributed by atoms with Gasteiger partial charge < -0.3 is 5.32 Å². The summed E-state index contributed by atoms with van der Waals surface area (Å²) in [4.78, 5) is 0. The molecule has 1 aromatic heterocycles. The number of aryl methyl sites for hydroxylation is 1. The number of sulfonamides is 1. The topological polar surface area (TPSA) is 67.2 Å². The maximum atomic E-state index is 11.5. The minimum Gasteiger partial charge on any atom is -0.312 e. The van der Waals surface area contributed by atoms with Crippen molar-refractivity contribution in [2.75, 3.05) is 25.9 Å². The molecule has 0 spiro atoms. The van der Waals surface area contributed by atoms with E-state index in [9.17, 15) is 8.42 Å². The smallest absolute Gasteiger partial charge is 0.211 e.